The molecular formula is C18H17N5O2S. The molecule has 0 aliphatic carbocycles. The third-order valence-electron chi connectivity index (χ3n) is 3.62. The largest absolute Gasteiger partial charge is 0.481 e. The van der Waals surface area contributed by atoms with Gasteiger partial charge in [-0.1, -0.05) is 23.9 Å². The summed E-state index contributed by atoms with van der Waals surface area (Å²) in [5.41, 5.74) is 8.33. The highest BCUT2D eigenvalue weighted by Gasteiger charge is 2.12. The van der Waals surface area contributed by atoms with Gasteiger partial charge in [-0.15, -0.1) is 0 Å². The second kappa shape index (κ2) is 7.83. The molecule has 1 amide bonds. The van der Waals surface area contributed by atoms with Crippen LogP contribution in [0, 0.1) is 0 Å². The lowest BCUT2D eigenvalue weighted by Crippen LogP contribution is -2.15. The topological polar surface area (TPSA) is 103 Å². The van der Waals surface area contributed by atoms with Crippen LogP contribution in [0.4, 0.5) is 11.5 Å². The van der Waals surface area contributed by atoms with Gasteiger partial charge in [0.05, 0.1) is 7.11 Å². The molecule has 8 heteroatoms. The van der Waals surface area contributed by atoms with Gasteiger partial charge in [0, 0.05) is 29.7 Å². The van der Waals surface area contributed by atoms with E-state index < -0.39 is 5.91 Å². The number of pyridine rings is 1. The van der Waals surface area contributed by atoms with E-state index in [9.17, 15) is 4.79 Å². The summed E-state index contributed by atoms with van der Waals surface area (Å²) >= 11 is 1.38. The third-order valence-corrected chi connectivity index (χ3v) is 4.18. The molecule has 0 spiro atoms. The van der Waals surface area contributed by atoms with Crippen LogP contribution < -0.4 is 15.8 Å². The number of thioether (sulfide) groups is 1. The van der Waals surface area contributed by atoms with Crippen molar-refractivity contribution in [1.82, 2.24) is 15.0 Å². The molecule has 0 atom stereocenters. The maximum Gasteiger partial charge on any atom is 0.254 e. The standard InChI is InChI=1S/C18H17N5O2S/c1-25-15-7-6-12(9-20-15)11-4-3-5-13(8-11)22-17-14(16(19)24)10-21-18(23-17)26-2/h3-10H,1-2H3,(H2,19,24)(H,21,22,23). The van der Waals surface area contributed by atoms with Crippen LogP contribution >= 0.6 is 11.8 Å². The summed E-state index contributed by atoms with van der Waals surface area (Å²) in [6.07, 6.45) is 5.03. The molecule has 1 aromatic carbocycles. The van der Waals surface area contributed by atoms with Crippen molar-refractivity contribution in [1.29, 1.82) is 0 Å². The second-order valence-corrected chi connectivity index (χ2v) is 6.05. The number of nitrogens with zero attached hydrogens (tertiary/aromatic N) is 3. The normalized spacial score (nSPS) is 10.4. The number of amides is 1. The zero-order valence-corrected chi connectivity index (χ0v) is 15.1. The molecule has 26 heavy (non-hydrogen) atoms. The number of carbonyl (C=O) groups excluding carboxylic acids is 1. The SMILES string of the molecule is COc1ccc(-c2cccc(Nc3nc(SC)ncc3C(N)=O)c2)cn1. The maximum absolute atomic E-state index is 11.6. The molecule has 0 radical (unpaired) electrons. The zero-order valence-electron chi connectivity index (χ0n) is 14.3. The van der Waals surface area contributed by atoms with Gasteiger partial charge < -0.3 is 15.8 Å². The molecule has 2 heterocycles. The minimum Gasteiger partial charge on any atom is -0.481 e. The number of ether oxygens (including phenoxy) is 1. The van der Waals surface area contributed by atoms with Gasteiger partial charge in [-0.2, -0.15) is 0 Å². The summed E-state index contributed by atoms with van der Waals surface area (Å²) in [7, 11) is 1.58. The molecule has 0 bridgehead atoms. The molecule has 0 saturated carbocycles. The number of carbonyl (C=O) groups is 1. The minimum absolute atomic E-state index is 0.235. The van der Waals surface area contributed by atoms with Gasteiger partial charge >= 0.3 is 0 Å². The summed E-state index contributed by atoms with van der Waals surface area (Å²) in [5.74, 6) is 0.345. The van der Waals surface area contributed by atoms with Crippen LogP contribution in [0.2, 0.25) is 0 Å². The van der Waals surface area contributed by atoms with Crippen molar-refractivity contribution in [2.45, 2.75) is 5.16 Å². The van der Waals surface area contributed by atoms with Crippen molar-refractivity contribution < 1.29 is 9.53 Å². The van der Waals surface area contributed by atoms with Crippen molar-refractivity contribution in [3.05, 3.63) is 54.4 Å². The average molecular weight is 367 g/mol. The lowest BCUT2D eigenvalue weighted by atomic mass is 10.1. The van der Waals surface area contributed by atoms with E-state index in [1.807, 2.05) is 36.6 Å². The van der Waals surface area contributed by atoms with Gasteiger partial charge in [-0.25, -0.2) is 15.0 Å². The van der Waals surface area contributed by atoms with E-state index in [0.29, 0.717) is 16.9 Å². The summed E-state index contributed by atoms with van der Waals surface area (Å²) in [6, 6.07) is 11.4. The molecule has 3 N–H and O–H groups in total. The lowest BCUT2D eigenvalue weighted by molar-refractivity contribution is 0.100. The minimum atomic E-state index is -0.587. The first-order chi connectivity index (χ1) is 12.6. The number of nitrogens with one attached hydrogen (secondary N) is 1. The smallest absolute Gasteiger partial charge is 0.254 e. The fourth-order valence-corrected chi connectivity index (χ4v) is 2.67. The highest BCUT2D eigenvalue weighted by atomic mass is 32.2. The van der Waals surface area contributed by atoms with Gasteiger partial charge in [0.2, 0.25) is 5.88 Å². The van der Waals surface area contributed by atoms with E-state index in [0.717, 1.165) is 16.8 Å². The second-order valence-electron chi connectivity index (χ2n) is 5.28. The Balaban J connectivity index is 1.92. The molecule has 0 fully saturated rings. The Hall–Kier alpha value is -3.13. The fourth-order valence-electron chi connectivity index (χ4n) is 2.32. The molecule has 0 aliphatic heterocycles. The van der Waals surface area contributed by atoms with Crippen LogP contribution in [-0.4, -0.2) is 34.2 Å². The monoisotopic (exact) mass is 367 g/mol. The third kappa shape index (κ3) is 3.92. The Morgan fingerprint density at radius 3 is 2.65 bits per heavy atom. The number of benzene rings is 1. The number of nitrogens with two attached hydrogens (primary N) is 1. The van der Waals surface area contributed by atoms with Gasteiger partial charge in [-0.05, 0) is 30.0 Å². The summed E-state index contributed by atoms with van der Waals surface area (Å²) in [6.45, 7) is 0. The summed E-state index contributed by atoms with van der Waals surface area (Å²) < 4.78 is 5.08. The number of hydrogen-bond donors (Lipinski definition) is 2. The molecule has 3 rings (SSSR count). The van der Waals surface area contributed by atoms with E-state index in [1.54, 1.807) is 19.4 Å². The molecule has 132 valence electrons. The van der Waals surface area contributed by atoms with E-state index in [1.165, 1.54) is 18.0 Å². The lowest BCUT2D eigenvalue weighted by Gasteiger charge is -2.11. The molecule has 2 aromatic heterocycles. The Morgan fingerprint density at radius 2 is 2.00 bits per heavy atom. The van der Waals surface area contributed by atoms with Crippen LogP contribution in [0.3, 0.4) is 0 Å². The number of rotatable bonds is 6. The van der Waals surface area contributed by atoms with Gasteiger partial charge in [-0.3, -0.25) is 4.79 Å². The van der Waals surface area contributed by atoms with Crippen LogP contribution in [-0.2, 0) is 0 Å². The summed E-state index contributed by atoms with van der Waals surface area (Å²) in [4.78, 5) is 24.3. The molecule has 0 unspecified atom stereocenters. The highest BCUT2D eigenvalue weighted by molar-refractivity contribution is 7.98. The number of anilines is 2. The van der Waals surface area contributed by atoms with Crippen molar-refractivity contribution >= 4 is 29.2 Å². The first-order valence-electron chi connectivity index (χ1n) is 7.69. The highest BCUT2D eigenvalue weighted by Crippen LogP contribution is 2.26. The van der Waals surface area contributed by atoms with E-state index in [4.69, 9.17) is 10.5 Å². The van der Waals surface area contributed by atoms with Crippen LogP contribution in [0.25, 0.3) is 11.1 Å². The Bertz CT molecular complexity index is 931. The Kier molecular flexibility index (Phi) is 5.33. The van der Waals surface area contributed by atoms with Crippen LogP contribution in [0.5, 0.6) is 5.88 Å². The van der Waals surface area contributed by atoms with E-state index >= 15 is 0 Å². The number of aromatic nitrogens is 3. The molecular weight excluding hydrogens is 350 g/mol. The number of hydrogen-bond acceptors (Lipinski definition) is 7. The summed E-state index contributed by atoms with van der Waals surface area (Å²) in [5, 5.41) is 3.70. The molecule has 3 aromatic rings. The predicted octanol–water partition coefficient (Wildman–Crippen LogP) is 3.11. The van der Waals surface area contributed by atoms with E-state index in [-0.39, 0.29) is 5.56 Å². The van der Waals surface area contributed by atoms with Crippen molar-refractivity contribution in [3.8, 4) is 17.0 Å². The van der Waals surface area contributed by atoms with Crippen molar-refractivity contribution in [3.63, 3.8) is 0 Å². The van der Waals surface area contributed by atoms with Crippen LogP contribution in [0.15, 0.2) is 53.9 Å². The number of methoxy groups -OCH3 is 1. The average Bonchev–Trinajstić information content (AvgIpc) is 2.68. The zero-order chi connectivity index (χ0) is 18.5. The quantitative estimate of drug-likeness (QED) is 0.509. The predicted molar refractivity (Wildman–Crippen MR) is 102 cm³/mol. The van der Waals surface area contributed by atoms with Gasteiger partial charge in [0.1, 0.15) is 11.4 Å². The first kappa shape index (κ1) is 17.7. The first-order valence-corrected chi connectivity index (χ1v) is 8.91. The number of primary amides is 1. The van der Waals surface area contributed by atoms with Gasteiger partial charge in [0.15, 0.2) is 5.16 Å². The maximum atomic E-state index is 11.6. The fraction of sp³-hybridized carbons (Fsp3) is 0.111. The van der Waals surface area contributed by atoms with Gasteiger partial charge in [0.25, 0.3) is 5.91 Å². The Morgan fingerprint density at radius 1 is 1.15 bits per heavy atom. The molecule has 0 aliphatic rings. The van der Waals surface area contributed by atoms with Crippen molar-refractivity contribution in [2.24, 2.45) is 5.73 Å². The molecule has 0 saturated heterocycles. The van der Waals surface area contributed by atoms with Crippen LogP contribution in [0.1, 0.15) is 10.4 Å². The Labute approximate surface area is 155 Å². The van der Waals surface area contributed by atoms with E-state index in [2.05, 4.69) is 20.3 Å². The van der Waals surface area contributed by atoms with Crippen molar-refractivity contribution in [2.75, 3.05) is 18.7 Å². The molecule has 7 nitrogen and oxygen atoms in total.